The summed E-state index contributed by atoms with van der Waals surface area (Å²) < 4.78 is 0. The van der Waals surface area contributed by atoms with Gasteiger partial charge in [0.15, 0.2) is 0 Å². The van der Waals surface area contributed by atoms with E-state index in [-0.39, 0.29) is 64.8 Å². The number of primary amides is 1. The quantitative estimate of drug-likeness (QED) is 0.0193. The van der Waals surface area contributed by atoms with Gasteiger partial charge in [0.25, 0.3) is 0 Å². The third-order valence-electron chi connectivity index (χ3n) is 25.2. The fraction of sp³-hybridized carbons (Fsp3) is 0.433. The lowest BCUT2D eigenvalue weighted by molar-refractivity contribution is -0.150. The van der Waals surface area contributed by atoms with Gasteiger partial charge in [-0.05, 0) is 239 Å². The van der Waals surface area contributed by atoms with Crippen molar-refractivity contribution in [3.05, 3.63) is 283 Å². The molecule has 0 aliphatic rings. The van der Waals surface area contributed by atoms with Gasteiger partial charge >= 0.3 is 0 Å². The zero-order chi connectivity index (χ0) is 98.9. The minimum Gasteiger partial charge on any atom is -0.368 e. The monoisotopic (exact) mass is 1940 g/mol. The molecule has 0 spiro atoms. The molecule has 0 saturated heterocycles. The van der Waals surface area contributed by atoms with E-state index in [1.54, 1.807) is 149 Å². The molecule has 8 aromatic carbocycles. The van der Waals surface area contributed by atoms with Crippen molar-refractivity contribution in [2.45, 2.75) is 155 Å². The van der Waals surface area contributed by atoms with E-state index in [2.05, 4.69) is 5.32 Å². The fourth-order valence-electron chi connectivity index (χ4n) is 16.5. The molecule has 0 saturated carbocycles. The van der Waals surface area contributed by atoms with Gasteiger partial charge < -0.3 is 83.0 Å². The van der Waals surface area contributed by atoms with E-state index < -0.39 is 166 Å². The summed E-state index contributed by atoms with van der Waals surface area (Å²) in [5.74, 6) is -6.34. The van der Waals surface area contributed by atoms with Crippen LogP contribution in [0.25, 0.3) is 0 Å². The number of amides is 11. The summed E-state index contributed by atoms with van der Waals surface area (Å²) in [6, 6.07) is 58.3. The Balaban J connectivity index is 1.13. The Kier molecular flexibility index (Phi) is 46.3. The smallest absolute Gasteiger partial charge is 0.243 e. The second kappa shape index (κ2) is 57.1. The van der Waals surface area contributed by atoms with E-state index in [1.807, 2.05) is 135 Å². The Labute approximate surface area is 822 Å². The molecule has 11 amide bonds. The van der Waals surface area contributed by atoms with E-state index in [0.717, 1.165) is 24.0 Å². The molecule has 0 aliphatic carbocycles. The molecule has 28 nitrogen and oxygen atoms in total. The van der Waals surface area contributed by atoms with Crippen LogP contribution in [0, 0.1) is 0 Å². The van der Waals surface area contributed by atoms with Crippen LogP contribution < -0.4 is 34.0 Å². The van der Waals surface area contributed by atoms with Crippen LogP contribution in [-0.2, 0) is 52.7 Å². The number of halogens is 4. The van der Waals surface area contributed by atoms with Gasteiger partial charge in [0.05, 0.1) is 81.1 Å². The lowest BCUT2D eigenvalue weighted by Gasteiger charge is -2.38. The Hall–Kier alpha value is -11.2. The van der Waals surface area contributed by atoms with Crippen molar-refractivity contribution < 1.29 is 52.7 Å². The minimum atomic E-state index is -0.875. The van der Waals surface area contributed by atoms with Crippen LogP contribution in [0.2, 0.25) is 20.1 Å². The number of carbonyl (C=O) groups is 11. The Bertz CT molecular complexity index is 5090. The molecule has 0 bridgehead atoms. The van der Waals surface area contributed by atoms with Crippen molar-refractivity contribution in [1.82, 2.24) is 59.2 Å². The molecule has 0 aromatic heterocycles. The van der Waals surface area contributed by atoms with Gasteiger partial charge in [-0.25, -0.2) is 0 Å². The van der Waals surface area contributed by atoms with Crippen molar-refractivity contribution in [3.8, 4) is 0 Å². The molecule has 8 atom stereocenters. The Morgan fingerprint density at radius 2 is 0.471 bits per heavy atom. The molecule has 0 unspecified atom stereocenters. The maximum absolute atomic E-state index is 16.2. The number of nitrogens with zero attached hydrogens (tertiary/aromatic N) is 11. The predicted molar refractivity (Wildman–Crippen MR) is 537 cm³/mol. The zero-order valence-corrected chi connectivity index (χ0v) is 82.7. The van der Waals surface area contributed by atoms with Gasteiger partial charge in [0, 0.05) is 46.3 Å². The van der Waals surface area contributed by atoms with Gasteiger partial charge in [-0.1, -0.05) is 216 Å². The number of hydrogen-bond donors (Lipinski definition) is 6. The highest BCUT2D eigenvalue weighted by Gasteiger charge is 2.39. The molecule has 0 radical (unpaired) electrons. The lowest BCUT2D eigenvalue weighted by atomic mass is 10.0. The molecule has 136 heavy (non-hydrogen) atoms. The number of unbranched alkanes of at least 4 members (excludes halogenated alkanes) is 4. The van der Waals surface area contributed by atoms with Crippen LogP contribution in [0.1, 0.15) is 200 Å². The van der Waals surface area contributed by atoms with Crippen molar-refractivity contribution in [1.29, 1.82) is 0 Å². The molecule has 0 aliphatic heterocycles. The van der Waals surface area contributed by atoms with Gasteiger partial charge in [0.2, 0.25) is 65.0 Å². The number of hydrogen-bond acceptors (Lipinski definition) is 17. The first-order valence-electron chi connectivity index (χ1n) is 46.9. The van der Waals surface area contributed by atoms with E-state index in [4.69, 9.17) is 75.1 Å². The van der Waals surface area contributed by atoms with Gasteiger partial charge in [-0.3, -0.25) is 57.6 Å². The average Bonchev–Trinajstić information content (AvgIpc) is 0.817. The number of benzene rings is 8. The summed E-state index contributed by atoms with van der Waals surface area (Å²) in [5, 5.41) is 4.90. The van der Waals surface area contributed by atoms with E-state index >= 15 is 38.4 Å². The van der Waals surface area contributed by atoms with Crippen LogP contribution in [0.3, 0.4) is 0 Å². The normalized spacial score (nSPS) is 13.0. The second-order valence-electron chi connectivity index (χ2n) is 34.5. The summed E-state index contributed by atoms with van der Waals surface area (Å²) in [4.78, 5) is 184. The fourth-order valence-corrected chi connectivity index (χ4v) is 17.0. The molecule has 0 fully saturated rings. The Morgan fingerprint density at radius 1 is 0.243 bits per heavy atom. The first-order valence-corrected chi connectivity index (χ1v) is 48.4. The zero-order valence-electron chi connectivity index (χ0n) is 79.7. The molecule has 0 heterocycles. The lowest BCUT2D eigenvalue weighted by Crippen LogP contribution is -2.53. The van der Waals surface area contributed by atoms with E-state index in [9.17, 15) is 14.4 Å². The predicted octanol–water partition coefficient (Wildman–Crippen LogP) is 13.3. The third-order valence-corrected chi connectivity index (χ3v) is 26.2. The molecule has 11 N–H and O–H groups in total. The van der Waals surface area contributed by atoms with Crippen LogP contribution in [0.15, 0.2) is 218 Å². The van der Waals surface area contributed by atoms with Gasteiger partial charge in [-0.2, -0.15) is 0 Å². The highest BCUT2D eigenvalue weighted by molar-refractivity contribution is 6.31. The molecular weight excluding hydrogens is 1810 g/mol. The summed E-state index contributed by atoms with van der Waals surface area (Å²) in [5.41, 5.74) is 35.4. The van der Waals surface area contributed by atoms with Crippen molar-refractivity contribution in [2.75, 3.05) is 137 Å². The molecule has 8 aromatic rings. The average molecular weight is 1940 g/mol. The largest absolute Gasteiger partial charge is 0.368 e. The van der Waals surface area contributed by atoms with Crippen LogP contribution in [-0.4, -0.2) is 256 Å². The van der Waals surface area contributed by atoms with Crippen molar-refractivity contribution in [2.24, 2.45) is 28.7 Å². The SMILES string of the molecule is C[C@H](c1ccc(Cl)cc1)N(CCN(CCCCN)CC(=O)N(CC(=O)N(CC(=O)N(CCCCN)CC(=O)N(CC(=O)N(CC(N)=O)[C@H](C)c1ccccc1)[C@H](C)c1ccccc1)[C@H](C)c1ccc(Cl)cc1)[C@H](C)c1ccc(Cl)cc1)C(=O)CN(C(=O)CN(CCCCN)C(=O)CN(C(=O)CN(C(=O)CNCCCCN)[C@H](C)c1ccccc1)[C@H](C)c1ccccc1)[C@H](C)c1ccc(Cl)cc1. The minimum absolute atomic E-state index is 0.00759. The maximum Gasteiger partial charge on any atom is 0.243 e. The molecule has 8 rings (SSSR count). The van der Waals surface area contributed by atoms with Crippen LogP contribution in [0.5, 0.6) is 0 Å². The summed E-state index contributed by atoms with van der Waals surface area (Å²) >= 11 is 26.2. The van der Waals surface area contributed by atoms with Crippen molar-refractivity contribution >= 4 is 111 Å². The molecule has 732 valence electrons. The summed E-state index contributed by atoms with van der Waals surface area (Å²) in [7, 11) is 0. The number of nitrogens with one attached hydrogen (secondary N) is 1. The first kappa shape index (κ1) is 110. The van der Waals surface area contributed by atoms with E-state index in [0.29, 0.717) is 112 Å². The number of rotatable bonds is 57. The van der Waals surface area contributed by atoms with E-state index in [1.165, 1.54) is 44.1 Å². The molecule has 32 heteroatoms. The van der Waals surface area contributed by atoms with Crippen LogP contribution >= 0.6 is 46.4 Å². The maximum atomic E-state index is 16.2. The summed E-state index contributed by atoms with van der Waals surface area (Å²) in [6.07, 6.45) is 4.17. The standard InChI is InChI=1S/C104H137Cl4N17O11/c1-74(86-37-45-90(105)46-38-86)118(101(133)70-124(81(8)89-43-51-93(108)52-44-89)99(131)66-116(59-27-23-55-111)96(128)68-121(77(4)84-33-17-11-18-34-84)103(135)71-120(76(3)83-31-15-10-16-32-83)95(127)63-114-57-25-21-53-109)62-61-115(58-26-22-54-110)65-98(130)123(80(7)88-41-49-92(107)50-42-88)73-104(136)122(79(6)87-39-47-91(106)48-40-87)69-97(129)117(60-28-24-56-112)67-100(132)125(78(5)85-35-19-12-20-36-85)72-102(134)119(64-94(113)126)75(2)82-29-13-9-14-30-82/h9-20,29-52,74-81,114H,21-28,53-73,109-112H2,1-8H3,(H2,113,126)/t74-,75-,76-,77-,78-,79-,80-,81-/m1/s1. The second-order valence-corrected chi connectivity index (χ2v) is 36.3. The third kappa shape index (κ3) is 33.9. The summed E-state index contributed by atoms with van der Waals surface area (Å²) in [6.45, 7) is 11.4. The highest BCUT2D eigenvalue weighted by atomic mass is 35.5. The first-order chi connectivity index (χ1) is 65.3. The molecular formula is C104H137Cl4N17O11. The van der Waals surface area contributed by atoms with Crippen LogP contribution in [0.4, 0.5) is 0 Å². The number of carbonyl (C=O) groups excluding carboxylic acids is 11. The van der Waals surface area contributed by atoms with Crippen molar-refractivity contribution in [3.63, 3.8) is 0 Å². The van der Waals surface area contributed by atoms with Gasteiger partial charge in [0.1, 0.15) is 39.3 Å². The topological polar surface area (TPSA) is 366 Å². The Morgan fingerprint density at radius 3 is 0.757 bits per heavy atom. The highest BCUT2D eigenvalue weighted by Crippen LogP contribution is 2.33. The van der Waals surface area contributed by atoms with Gasteiger partial charge in [-0.15, -0.1) is 0 Å². The number of nitrogens with two attached hydrogens (primary N) is 5.